The molecule has 0 bridgehead atoms. The zero-order chi connectivity index (χ0) is 12.5. The Morgan fingerprint density at radius 3 is 2.35 bits per heavy atom. The molecule has 0 aliphatic heterocycles. The Morgan fingerprint density at radius 1 is 1.12 bits per heavy atom. The molecule has 96 valence electrons. The fourth-order valence-electron chi connectivity index (χ4n) is 3.64. The van der Waals surface area contributed by atoms with Crippen molar-refractivity contribution in [1.82, 2.24) is 4.90 Å². The van der Waals surface area contributed by atoms with Crippen LogP contribution in [0.25, 0.3) is 0 Å². The van der Waals surface area contributed by atoms with Crippen LogP contribution in [0.2, 0.25) is 0 Å². The van der Waals surface area contributed by atoms with Gasteiger partial charge < -0.3 is 0 Å². The first-order valence-electron chi connectivity index (χ1n) is 7.15. The first kappa shape index (κ1) is 12.9. The summed E-state index contributed by atoms with van der Waals surface area (Å²) in [6, 6.07) is 3.77. The normalized spacial score (nSPS) is 33.8. The van der Waals surface area contributed by atoms with Gasteiger partial charge in [0.15, 0.2) is 0 Å². The SMILES string of the molecule is CN(C1CCC(C)(C)CC1)C1CCCC1C#N. The molecule has 0 aromatic heterocycles. The van der Waals surface area contributed by atoms with E-state index in [2.05, 4.69) is 31.9 Å². The van der Waals surface area contributed by atoms with Gasteiger partial charge in [-0.2, -0.15) is 5.26 Å². The van der Waals surface area contributed by atoms with Gasteiger partial charge >= 0.3 is 0 Å². The summed E-state index contributed by atoms with van der Waals surface area (Å²) in [7, 11) is 2.25. The van der Waals surface area contributed by atoms with Crippen molar-refractivity contribution in [2.24, 2.45) is 11.3 Å². The molecule has 0 spiro atoms. The number of hydrogen-bond donors (Lipinski definition) is 0. The smallest absolute Gasteiger partial charge is 0.0672 e. The molecule has 0 aromatic rings. The molecule has 0 N–H and O–H groups in total. The molecule has 2 rings (SSSR count). The van der Waals surface area contributed by atoms with E-state index < -0.39 is 0 Å². The minimum Gasteiger partial charge on any atom is -0.299 e. The van der Waals surface area contributed by atoms with E-state index in [1.165, 1.54) is 38.5 Å². The molecule has 17 heavy (non-hydrogen) atoms. The summed E-state index contributed by atoms with van der Waals surface area (Å²) in [6.07, 6.45) is 8.90. The van der Waals surface area contributed by atoms with Gasteiger partial charge in [-0.1, -0.05) is 20.3 Å². The van der Waals surface area contributed by atoms with Crippen LogP contribution >= 0.6 is 0 Å². The second-order valence-electron chi connectivity index (χ2n) is 6.79. The number of nitrogens with zero attached hydrogens (tertiary/aromatic N) is 2. The van der Waals surface area contributed by atoms with E-state index in [1.807, 2.05) is 0 Å². The summed E-state index contributed by atoms with van der Waals surface area (Å²) in [5.74, 6) is 0.287. The van der Waals surface area contributed by atoms with Crippen LogP contribution in [0.4, 0.5) is 0 Å². The first-order chi connectivity index (χ1) is 8.03. The van der Waals surface area contributed by atoms with Crippen LogP contribution < -0.4 is 0 Å². The van der Waals surface area contributed by atoms with Gasteiger partial charge in [-0.3, -0.25) is 4.90 Å². The van der Waals surface area contributed by atoms with Gasteiger partial charge in [-0.25, -0.2) is 0 Å². The largest absolute Gasteiger partial charge is 0.299 e. The average molecular weight is 234 g/mol. The highest BCUT2D eigenvalue weighted by Gasteiger charge is 2.36. The summed E-state index contributed by atoms with van der Waals surface area (Å²) in [6.45, 7) is 4.77. The number of rotatable bonds is 2. The summed E-state index contributed by atoms with van der Waals surface area (Å²) in [5.41, 5.74) is 0.543. The van der Waals surface area contributed by atoms with Crippen LogP contribution in [0.3, 0.4) is 0 Å². The summed E-state index contributed by atoms with van der Waals surface area (Å²) in [4.78, 5) is 2.54. The quantitative estimate of drug-likeness (QED) is 0.730. The Balaban J connectivity index is 1.93. The third-order valence-electron chi connectivity index (χ3n) is 5.05. The molecule has 0 heterocycles. The Labute approximate surface area is 106 Å². The second kappa shape index (κ2) is 4.98. The summed E-state index contributed by atoms with van der Waals surface area (Å²) < 4.78 is 0. The molecule has 2 aliphatic carbocycles. The third kappa shape index (κ3) is 2.83. The van der Waals surface area contributed by atoms with Crippen LogP contribution in [-0.2, 0) is 0 Å². The van der Waals surface area contributed by atoms with Gasteiger partial charge in [0.2, 0.25) is 0 Å². The lowest BCUT2D eigenvalue weighted by Crippen LogP contribution is -2.44. The van der Waals surface area contributed by atoms with E-state index in [4.69, 9.17) is 0 Å². The lowest BCUT2D eigenvalue weighted by atomic mass is 9.75. The Bertz CT molecular complexity index is 293. The fraction of sp³-hybridized carbons (Fsp3) is 0.933. The predicted molar refractivity (Wildman–Crippen MR) is 70.5 cm³/mol. The highest BCUT2D eigenvalue weighted by atomic mass is 15.2. The monoisotopic (exact) mass is 234 g/mol. The van der Waals surface area contributed by atoms with Crippen LogP contribution in [-0.4, -0.2) is 24.0 Å². The number of hydrogen-bond acceptors (Lipinski definition) is 2. The van der Waals surface area contributed by atoms with Crippen molar-refractivity contribution in [3.05, 3.63) is 0 Å². The van der Waals surface area contributed by atoms with Crippen molar-refractivity contribution >= 4 is 0 Å². The molecule has 0 saturated heterocycles. The maximum absolute atomic E-state index is 9.19. The minimum atomic E-state index is 0.287. The van der Waals surface area contributed by atoms with E-state index in [-0.39, 0.29) is 5.92 Å². The van der Waals surface area contributed by atoms with Crippen LogP contribution in [0, 0.1) is 22.7 Å². The van der Waals surface area contributed by atoms with Crippen LogP contribution in [0.1, 0.15) is 58.8 Å². The Kier molecular flexibility index (Phi) is 3.78. The van der Waals surface area contributed by atoms with Gasteiger partial charge in [0, 0.05) is 12.1 Å². The topological polar surface area (TPSA) is 27.0 Å². The molecule has 2 unspecified atom stereocenters. The molecule has 2 saturated carbocycles. The standard InChI is InChI=1S/C15H26N2/c1-15(2)9-7-13(8-10-15)17(3)14-6-4-5-12(14)11-16/h12-14H,4-10H2,1-3H3. The van der Waals surface area contributed by atoms with Gasteiger partial charge in [0.1, 0.15) is 0 Å². The Morgan fingerprint density at radius 2 is 1.76 bits per heavy atom. The van der Waals surface area contributed by atoms with E-state index in [9.17, 15) is 5.26 Å². The van der Waals surface area contributed by atoms with Gasteiger partial charge in [0.05, 0.1) is 12.0 Å². The molecule has 2 fully saturated rings. The lowest BCUT2D eigenvalue weighted by molar-refractivity contribution is 0.0869. The maximum atomic E-state index is 9.19. The van der Waals surface area contributed by atoms with Crippen molar-refractivity contribution in [2.45, 2.75) is 70.9 Å². The van der Waals surface area contributed by atoms with Gasteiger partial charge in [-0.05, 0) is 51.0 Å². The summed E-state index contributed by atoms with van der Waals surface area (Å²) >= 11 is 0. The highest BCUT2D eigenvalue weighted by Crippen LogP contribution is 2.39. The average Bonchev–Trinajstić information content (AvgIpc) is 2.76. The molecule has 2 heteroatoms. The van der Waals surface area contributed by atoms with Crippen LogP contribution in [0.15, 0.2) is 0 Å². The molecule has 0 aromatic carbocycles. The van der Waals surface area contributed by atoms with Crippen molar-refractivity contribution in [3.8, 4) is 6.07 Å². The predicted octanol–water partition coefficient (Wildman–Crippen LogP) is 3.58. The zero-order valence-electron chi connectivity index (χ0n) is 11.6. The maximum Gasteiger partial charge on any atom is 0.0672 e. The van der Waals surface area contributed by atoms with E-state index in [0.717, 1.165) is 12.5 Å². The zero-order valence-corrected chi connectivity index (χ0v) is 11.6. The van der Waals surface area contributed by atoms with Crippen molar-refractivity contribution in [3.63, 3.8) is 0 Å². The number of nitriles is 1. The minimum absolute atomic E-state index is 0.287. The second-order valence-corrected chi connectivity index (χ2v) is 6.79. The Hall–Kier alpha value is -0.550. The van der Waals surface area contributed by atoms with E-state index in [0.29, 0.717) is 11.5 Å². The molecule has 0 amide bonds. The molecular formula is C15H26N2. The third-order valence-corrected chi connectivity index (χ3v) is 5.05. The molecular weight excluding hydrogens is 208 g/mol. The van der Waals surface area contributed by atoms with Crippen LogP contribution in [0.5, 0.6) is 0 Å². The van der Waals surface area contributed by atoms with Crippen molar-refractivity contribution in [2.75, 3.05) is 7.05 Å². The van der Waals surface area contributed by atoms with E-state index >= 15 is 0 Å². The molecule has 2 nitrogen and oxygen atoms in total. The summed E-state index contributed by atoms with van der Waals surface area (Å²) in [5, 5.41) is 9.19. The molecule has 2 atom stereocenters. The lowest BCUT2D eigenvalue weighted by Gasteiger charge is -2.41. The van der Waals surface area contributed by atoms with Crippen molar-refractivity contribution < 1.29 is 0 Å². The van der Waals surface area contributed by atoms with Gasteiger partial charge in [0.25, 0.3) is 0 Å². The molecule has 2 aliphatic rings. The molecule has 0 radical (unpaired) electrons. The van der Waals surface area contributed by atoms with Gasteiger partial charge in [-0.15, -0.1) is 0 Å². The van der Waals surface area contributed by atoms with Crippen molar-refractivity contribution in [1.29, 1.82) is 5.26 Å². The highest BCUT2D eigenvalue weighted by molar-refractivity contribution is 4.99. The fourth-order valence-corrected chi connectivity index (χ4v) is 3.64. The van der Waals surface area contributed by atoms with E-state index in [1.54, 1.807) is 0 Å². The first-order valence-corrected chi connectivity index (χ1v) is 7.15.